The van der Waals surface area contributed by atoms with E-state index in [-0.39, 0.29) is 0 Å². The van der Waals surface area contributed by atoms with Gasteiger partial charge in [0.15, 0.2) is 0 Å². The van der Waals surface area contributed by atoms with Crippen LogP contribution in [0.15, 0.2) is 59.1 Å². The van der Waals surface area contributed by atoms with E-state index in [0.717, 1.165) is 4.47 Å². The van der Waals surface area contributed by atoms with Crippen LogP contribution in [0.3, 0.4) is 0 Å². The normalized spacial score (nSPS) is 11.9. The van der Waals surface area contributed by atoms with Crippen molar-refractivity contribution in [3.05, 3.63) is 64.6 Å². The van der Waals surface area contributed by atoms with Gasteiger partial charge < -0.3 is 9.84 Å². The molecular weight excluding hydrogens is 296 g/mol. The second-order valence-electron chi connectivity index (χ2n) is 3.65. The zero-order chi connectivity index (χ0) is 13.0. The molecule has 0 saturated heterocycles. The van der Waals surface area contributed by atoms with Crippen molar-refractivity contribution in [1.29, 1.82) is 0 Å². The van der Waals surface area contributed by atoms with Crippen molar-refractivity contribution in [2.45, 2.75) is 6.29 Å². The maximum Gasteiger partial charge on any atom is 0.262 e. The van der Waals surface area contributed by atoms with Gasteiger partial charge in [-0.25, -0.2) is 0 Å². The second kappa shape index (κ2) is 5.80. The Morgan fingerprint density at radius 1 is 1.06 bits per heavy atom. The zero-order valence-corrected chi connectivity index (χ0v) is 11.0. The van der Waals surface area contributed by atoms with Gasteiger partial charge in [-0.05, 0) is 24.3 Å². The number of ether oxygens (including phenoxy) is 1. The molecule has 18 heavy (non-hydrogen) atoms. The van der Waals surface area contributed by atoms with Crippen LogP contribution in [-0.4, -0.2) is 17.2 Å². The molecule has 0 heterocycles. The number of halogens is 1. The summed E-state index contributed by atoms with van der Waals surface area (Å²) in [4.78, 5) is 11.8. The minimum atomic E-state index is -1.49. The number of Topliss-reactive ketones (excluding diaryl/α,β-unsaturated/α-hetero) is 1. The van der Waals surface area contributed by atoms with E-state index in [2.05, 4.69) is 15.9 Å². The van der Waals surface area contributed by atoms with Gasteiger partial charge >= 0.3 is 0 Å². The third kappa shape index (κ3) is 3.18. The van der Waals surface area contributed by atoms with Gasteiger partial charge in [0.2, 0.25) is 5.78 Å². The highest BCUT2D eigenvalue weighted by Gasteiger charge is 2.18. The van der Waals surface area contributed by atoms with Gasteiger partial charge in [0.25, 0.3) is 6.29 Å². The lowest BCUT2D eigenvalue weighted by Gasteiger charge is -2.12. The van der Waals surface area contributed by atoms with Crippen molar-refractivity contribution in [3.63, 3.8) is 0 Å². The lowest BCUT2D eigenvalue weighted by atomic mass is 10.1. The van der Waals surface area contributed by atoms with E-state index in [4.69, 9.17) is 4.74 Å². The maximum atomic E-state index is 11.8. The van der Waals surface area contributed by atoms with E-state index >= 15 is 0 Å². The molecule has 2 aromatic rings. The molecule has 0 aliphatic heterocycles. The van der Waals surface area contributed by atoms with Crippen molar-refractivity contribution in [2.24, 2.45) is 0 Å². The first-order valence-electron chi connectivity index (χ1n) is 5.36. The monoisotopic (exact) mass is 306 g/mol. The number of aliphatic hydroxyl groups is 1. The number of ketones is 1. The van der Waals surface area contributed by atoms with E-state index < -0.39 is 12.1 Å². The highest BCUT2D eigenvalue weighted by atomic mass is 79.9. The molecule has 92 valence electrons. The smallest absolute Gasteiger partial charge is 0.262 e. The van der Waals surface area contributed by atoms with E-state index in [9.17, 15) is 9.90 Å². The molecule has 0 amide bonds. The molecule has 0 bridgehead atoms. The predicted octanol–water partition coefficient (Wildman–Crippen LogP) is 3.03. The van der Waals surface area contributed by atoms with E-state index in [1.54, 1.807) is 54.6 Å². The second-order valence-corrected chi connectivity index (χ2v) is 4.57. The van der Waals surface area contributed by atoms with Crippen LogP contribution in [0, 0.1) is 0 Å². The fourth-order valence-corrected chi connectivity index (χ4v) is 1.70. The van der Waals surface area contributed by atoms with Crippen molar-refractivity contribution in [2.75, 3.05) is 0 Å². The molecule has 3 nitrogen and oxygen atoms in total. The molecule has 0 aliphatic rings. The van der Waals surface area contributed by atoms with Crippen molar-refractivity contribution in [3.8, 4) is 5.75 Å². The number of rotatable bonds is 4. The molecular formula is C14H11BrO3. The summed E-state index contributed by atoms with van der Waals surface area (Å²) in [5.41, 5.74) is 0.419. The van der Waals surface area contributed by atoms with E-state index in [1.807, 2.05) is 0 Å². The highest BCUT2D eigenvalue weighted by molar-refractivity contribution is 9.10. The van der Waals surface area contributed by atoms with Gasteiger partial charge in [0, 0.05) is 10.0 Å². The standard InChI is InChI=1S/C14H11BrO3/c15-11-6-8-12(9-7-11)18-14(17)13(16)10-4-2-1-3-5-10/h1-9,14,17H. The quantitative estimate of drug-likeness (QED) is 0.697. The van der Waals surface area contributed by atoms with Gasteiger partial charge in [0.1, 0.15) is 5.75 Å². The molecule has 0 spiro atoms. The average Bonchev–Trinajstić information content (AvgIpc) is 2.41. The van der Waals surface area contributed by atoms with Crippen LogP contribution in [0.1, 0.15) is 10.4 Å². The van der Waals surface area contributed by atoms with Crippen molar-refractivity contribution < 1.29 is 14.6 Å². The summed E-state index contributed by atoms with van der Waals surface area (Å²) in [6.07, 6.45) is -1.49. The Balaban J connectivity index is 2.06. The Labute approximate surface area is 113 Å². The van der Waals surface area contributed by atoms with Gasteiger partial charge in [-0.1, -0.05) is 46.3 Å². The Morgan fingerprint density at radius 3 is 2.28 bits per heavy atom. The molecule has 0 saturated carbocycles. The topological polar surface area (TPSA) is 46.5 Å². The van der Waals surface area contributed by atoms with Crippen molar-refractivity contribution >= 4 is 21.7 Å². The molecule has 0 fully saturated rings. The minimum Gasteiger partial charge on any atom is -0.457 e. The number of hydrogen-bond donors (Lipinski definition) is 1. The van der Waals surface area contributed by atoms with Gasteiger partial charge in [-0.3, -0.25) is 4.79 Å². The third-order valence-electron chi connectivity index (χ3n) is 2.34. The van der Waals surface area contributed by atoms with E-state index in [1.165, 1.54) is 0 Å². The summed E-state index contributed by atoms with van der Waals surface area (Å²) in [6, 6.07) is 15.4. The van der Waals surface area contributed by atoms with Crippen molar-refractivity contribution in [1.82, 2.24) is 0 Å². The number of aliphatic hydroxyl groups excluding tert-OH is 1. The summed E-state index contributed by atoms with van der Waals surface area (Å²) >= 11 is 3.29. The third-order valence-corrected chi connectivity index (χ3v) is 2.87. The van der Waals surface area contributed by atoms with Gasteiger partial charge in [-0.2, -0.15) is 0 Å². The molecule has 0 aromatic heterocycles. The minimum absolute atomic E-state index is 0.419. The number of hydrogen-bond acceptors (Lipinski definition) is 3. The first-order valence-corrected chi connectivity index (χ1v) is 6.15. The molecule has 1 N–H and O–H groups in total. The average molecular weight is 307 g/mol. The number of carbonyl (C=O) groups is 1. The van der Waals surface area contributed by atoms with Gasteiger partial charge in [0.05, 0.1) is 0 Å². The first kappa shape index (κ1) is 12.8. The molecule has 0 aliphatic carbocycles. The van der Waals surface area contributed by atoms with Crippen LogP contribution in [0.4, 0.5) is 0 Å². The summed E-state index contributed by atoms with van der Waals surface area (Å²) in [6.45, 7) is 0. The fourth-order valence-electron chi connectivity index (χ4n) is 1.44. The van der Waals surface area contributed by atoms with Crippen LogP contribution < -0.4 is 4.74 Å². The summed E-state index contributed by atoms with van der Waals surface area (Å²) in [5, 5.41) is 9.71. The lowest BCUT2D eigenvalue weighted by Crippen LogP contribution is -2.26. The molecule has 2 aromatic carbocycles. The lowest BCUT2D eigenvalue weighted by molar-refractivity contribution is -0.00294. The van der Waals surface area contributed by atoms with Crippen LogP contribution in [-0.2, 0) is 0 Å². The van der Waals surface area contributed by atoms with Crippen LogP contribution in [0.5, 0.6) is 5.75 Å². The first-order chi connectivity index (χ1) is 8.66. The van der Waals surface area contributed by atoms with Gasteiger partial charge in [-0.15, -0.1) is 0 Å². The largest absolute Gasteiger partial charge is 0.457 e. The Hall–Kier alpha value is -1.65. The van der Waals surface area contributed by atoms with E-state index in [0.29, 0.717) is 11.3 Å². The maximum absolute atomic E-state index is 11.8. The summed E-state index contributed by atoms with van der Waals surface area (Å²) < 4.78 is 6.07. The van der Waals surface area contributed by atoms with Crippen LogP contribution >= 0.6 is 15.9 Å². The number of benzene rings is 2. The summed E-state index contributed by atoms with van der Waals surface area (Å²) in [5.74, 6) is -0.0199. The molecule has 1 unspecified atom stereocenters. The fraction of sp³-hybridized carbons (Fsp3) is 0.0714. The molecule has 0 radical (unpaired) electrons. The summed E-state index contributed by atoms with van der Waals surface area (Å²) in [7, 11) is 0. The number of carbonyl (C=O) groups excluding carboxylic acids is 1. The Morgan fingerprint density at radius 2 is 1.67 bits per heavy atom. The molecule has 2 rings (SSSR count). The highest BCUT2D eigenvalue weighted by Crippen LogP contribution is 2.17. The molecule has 1 atom stereocenters. The Kier molecular flexibility index (Phi) is 4.12. The zero-order valence-electron chi connectivity index (χ0n) is 9.42. The van der Waals surface area contributed by atoms with Crippen LogP contribution in [0.25, 0.3) is 0 Å². The Bertz CT molecular complexity index is 522. The molecule has 4 heteroatoms. The van der Waals surface area contributed by atoms with Crippen LogP contribution in [0.2, 0.25) is 0 Å². The predicted molar refractivity (Wildman–Crippen MR) is 71.5 cm³/mol. The SMILES string of the molecule is O=C(c1ccccc1)C(O)Oc1ccc(Br)cc1.